The summed E-state index contributed by atoms with van der Waals surface area (Å²) < 4.78 is 0. The molecular formula is C14H26N6. The van der Waals surface area contributed by atoms with Crippen molar-refractivity contribution < 1.29 is 0 Å². The fourth-order valence-corrected chi connectivity index (χ4v) is 2.37. The van der Waals surface area contributed by atoms with Crippen LogP contribution in [0.2, 0.25) is 0 Å². The number of nitrogens with zero attached hydrogens (tertiary/aromatic N) is 5. The van der Waals surface area contributed by atoms with Crippen molar-refractivity contribution in [3.05, 3.63) is 6.20 Å². The van der Waals surface area contributed by atoms with Crippen molar-refractivity contribution in [2.24, 2.45) is 0 Å². The molecule has 20 heavy (non-hydrogen) atoms. The Kier molecular flexibility index (Phi) is 5.98. The van der Waals surface area contributed by atoms with Gasteiger partial charge in [0.05, 0.1) is 6.20 Å². The van der Waals surface area contributed by atoms with Crippen LogP contribution in [0.3, 0.4) is 0 Å². The van der Waals surface area contributed by atoms with Crippen LogP contribution >= 0.6 is 0 Å². The van der Waals surface area contributed by atoms with E-state index in [1.807, 2.05) is 0 Å². The Balaban J connectivity index is 1.86. The van der Waals surface area contributed by atoms with Gasteiger partial charge in [-0.25, -0.2) is 0 Å². The Morgan fingerprint density at radius 3 is 2.65 bits per heavy atom. The summed E-state index contributed by atoms with van der Waals surface area (Å²) in [5.41, 5.74) is 0. The number of aromatic nitrogens is 3. The van der Waals surface area contributed by atoms with Crippen LogP contribution in [0.1, 0.15) is 33.1 Å². The van der Waals surface area contributed by atoms with Crippen molar-refractivity contribution >= 4 is 11.8 Å². The van der Waals surface area contributed by atoms with E-state index in [4.69, 9.17) is 0 Å². The third-order valence-electron chi connectivity index (χ3n) is 3.74. The van der Waals surface area contributed by atoms with Crippen LogP contribution in [0.5, 0.6) is 0 Å². The van der Waals surface area contributed by atoms with Gasteiger partial charge in [0.25, 0.3) is 0 Å². The molecule has 0 spiro atoms. The van der Waals surface area contributed by atoms with E-state index in [-0.39, 0.29) is 0 Å². The highest BCUT2D eigenvalue weighted by Gasteiger charge is 2.18. The van der Waals surface area contributed by atoms with Crippen LogP contribution in [0.4, 0.5) is 11.8 Å². The SMILES string of the molecule is CCCCCNc1cnnc(N2CCN(CC)CC2)n1. The molecule has 0 aliphatic carbocycles. The summed E-state index contributed by atoms with van der Waals surface area (Å²) in [7, 11) is 0. The molecule has 1 aromatic heterocycles. The molecule has 1 aliphatic rings. The molecule has 0 aromatic carbocycles. The van der Waals surface area contributed by atoms with E-state index in [1.165, 1.54) is 19.3 Å². The summed E-state index contributed by atoms with van der Waals surface area (Å²) in [4.78, 5) is 9.23. The Morgan fingerprint density at radius 2 is 1.95 bits per heavy atom. The normalized spacial score (nSPS) is 16.4. The second kappa shape index (κ2) is 7.99. The second-order valence-electron chi connectivity index (χ2n) is 5.20. The van der Waals surface area contributed by atoms with Gasteiger partial charge in [0, 0.05) is 32.7 Å². The van der Waals surface area contributed by atoms with Gasteiger partial charge in [-0.1, -0.05) is 26.7 Å². The average molecular weight is 278 g/mol. The predicted octanol–water partition coefficient (Wildman–Crippen LogP) is 1.62. The third kappa shape index (κ3) is 4.30. The largest absolute Gasteiger partial charge is 0.369 e. The van der Waals surface area contributed by atoms with Crippen molar-refractivity contribution in [1.29, 1.82) is 0 Å². The molecule has 0 amide bonds. The minimum Gasteiger partial charge on any atom is -0.369 e. The number of rotatable bonds is 7. The minimum atomic E-state index is 0.751. The van der Waals surface area contributed by atoms with Gasteiger partial charge >= 0.3 is 0 Å². The monoisotopic (exact) mass is 278 g/mol. The highest BCUT2D eigenvalue weighted by atomic mass is 15.4. The number of hydrogen-bond donors (Lipinski definition) is 1. The van der Waals surface area contributed by atoms with Crippen molar-refractivity contribution in [1.82, 2.24) is 20.1 Å². The molecule has 0 bridgehead atoms. The fraction of sp³-hybridized carbons (Fsp3) is 0.786. The number of likely N-dealkylation sites (N-methyl/N-ethyl adjacent to an activating group) is 1. The van der Waals surface area contributed by atoms with E-state index in [0.29, 0.717) is 0 Å². The lowest BCUT2D eigenvalue weighted by Gasteiger charge is -2.33. The summed E-state index contributed by atoms with van der Waals surface area (Å²) in [5.74, 6) is 1.59. The lowest BCUT2D eigenvalue weighted by molar-refractivity contribution is 0.269. The maximum absolute atomic E-state index is 4.57. The van der Waals surface area contributed by atoms with Gasteiger partial charge in [0.2, 0.25) is 5.95 Å². The van der Waals surface area contributed by atoms with Gasteiger partial charge < -0.3 is 15.1 Å². The highest BCUT2D eigenvalue weighted by molar-refractivity contribution is 5.39. The molecule has 6 heteroatoms. The van der Waals surface area contributed by atoms with Crippen LogP contribution < -0.4 is 10.2 Å². The Labute approximate surface area is 121 Å². The molecule has 0 unspecified atom stereocenters. The van der Waals surface area contributed by atoms with E-state index in [0.717, 1.165) is 51.0 Å². The van der Waals surface area contributed by atoms with Gasteiger partial charge in [0.15, 0.2) is 5.82 Å². The van der Waals surface area contributed by atoms with Crippen LogP contribution in [0, 0.1) is 0 Å². The third-order valence-corrected chi connectivity index (χ3v) is 3.74. The molecule has 6 nitrogen and oxygen atoms in total. The maximum Gasteiger partial charge on any atom is 0.247 e. The van der Waals surface area contributed by atoms with Gasteiger partial charge in [-0.05, 0) is 13.0 Å². The van der Waals surface area contributed by atoms with Crippen molar-refractivity contribution in [3.63, 3.8) is 0 Å². The standard InChI is InChI=1S/C14H26N6/c1-3-5-6-7-15-13-12-16-18-14(17-13)20-10-8-19(4-2)9-11-20/h12H,3-11H2,1-2H3,(H,15,17,18). The molecule has 0 saturated carbocycles. The van der Waals surface area contributed by atoms with Crippen molar-refractivity contribution in [3.8, 4) is 0 Å². The molecule has 1 aliphatic heterocycles. The minimum absolute atomic E-state index is 0.751. The molecule has 2 heterocycles. The number of piperazine rings is 1. The van der Waals surface area contributed by atoms with Gasteiger partial charge in [-0.3, -0.25) is 0 Å². The summed E-state index contributed by atoms with van der Waals surface area (Å²) in [5, 5.41) is 11.6. The van der Waals surface area contributed by atoms with Crippen LogP contribution in [0.25, 0.3) is 0 Å². The van der Waals surface area contributed by atoms with Gasteiger partial charge in [-0.15, -0.1) is 5.10 Å². The Bertz CT molecular complexity index is 389. The van der Waals surface area contributed by atoms with Crippen LogP contribution in [0.15, 0.2) is 6.20 Å². The van der Waals surface area contributed by atoms with E-state index < -0.39 is 0 Å². The van der Waals surface area contributed by atoms with E-state index in [2.05, 4.69) is 44.1 Å². The first-order valence-corrected chi connectivity index (χ1v) is 7.74. The zero-order valence-electron chi connectivity index (χ0n) is 12.7. The fourth-order valence-electron chi connectivity index (χ4n) is 2.37. The van der Waals surface area contributed by atoms with Gasteiger partial charge in [0.1, 0.15) is 0 Å². The van der Waals surface area contributed by atoms with E-state index in [9.17, 15) is 0 Å². The summed E-state index contributed by atoms with van der Waals surface area (Å²) >= 11 is 0. The number of nitrogens with one attached hydrogen (secondary N) is 1. The molecule has 1 fully saturated rings. The molecule has 0 radical (unpaired) electrons. The Hall–Kier alpha value is -1.43. The molecule has 1 aromatic rings. The summed E-state index contributed by atoms with van der Waals surface area (Å²) in [6.07, 6.45) is 5.36. The lowest BCUT2D eigenvalue weighted by atomic mass is 10.2. The molecule has 0 atom stereocenters. The first kappa shape index (κ1) is 15.0. The molecule has 1 N–H and O–H groups in total. The predicted molar refractivity (Wildman–Crippen MR) is 82.2 cm³/mol. The molecule has 2 rings (SSSR count). The van der Waals surface area contributed by atoms with E-state index in [1.54, 1.807) is 6.20 Å². The zero-order chi connectivity index (χ0) is 14.2. The second-order valence-corrected chi connectivity index (χ2v) is 5.20. The van der Waals surface area contributed by atoms with Crippen molar-refractivity contribution in [2.75, 3.05) is 49.5 Å². The Morgan fingerprint density at radius 1 is 1.15 bits per heavy atom. The first-order valence-electron chi connectivity index (χ1n) is 7.74. The maximum atomic E-state index is 4.57. The highest BCUT2D eigenvalue weighted by Crippen LogP contribution is 2.12. The van der Waals surface area contributed by atoms with E-state index >= 15 is 0 Å². The van der Waals surface area contributed by atoms with Crippen LogP contribution in [-0.4, -0.2) is 59.3 Å². The molecule has 1 saturated heterocycles. The number of hydrogen-bond acceptors (Lipinski definition) is 6. The quantitative estimate of drug-likeness (QED) is 0.765. The zero-order valence-corrected chi connectivity index (χ0v) is 12.7. The molecule has 112 valence electrons. The van der Waals surface area contributed by atoms with Gasteiger partial charge in [-0.2, -0.15) is 10.1 Å². The summed E-state index contributed by atoms with van der Waals surface area (Å²) in [6, 6.07) is 0. The molecular weight excluding hydrogens is 252 g/mol. The average Bonchev–Trinajstić information content (AvgIpc) is 2.52. The first-order chi connectivity index (χ1) is 9.83. The number of anilines is 2. The summed E-state index contributed by atoms with van der Waals surface area (Å²) in [6.45, 7) is 10.6. The van der Waals surface area contributed by atoms with Crippen molar-refractivity contribution in [2.45, 2.75) is 33.1 Å². The number of unbranched alkanes of at least 4 members (excludes halogenated alkanes) is 2. The lowest BCUT2D eigenvalue weighted by Crippen LogP contribution is -2.46. The van der Waals surface area contributed by atoms with Crippen LogP contribution in [-0.2, 0) is 0 Å². The smallest absolute Gasteiger partial charge is 0.247 e. The topological polar surface area (TPSA) is 57.2 Å².